The van der Waals surface area contributed by atoms with Crippen molar-refractivity contribution in [1.82, 2.24) is 60.3 Å². The quantitative estimate of drug-likeness (QED) is 0.0869. The largest absolute Gasteiger partial charge is 0.472 e. The number of hydrogen-bond acceptors (Lipinski definition) is 11. The first-order chi connectivity index (χ1) is 32.3. The lowest BCUT2D eigenvalue weighted by atomic mass is 9.99. The topological polar surface area (TPSA) is 222 Å². The molecule has 12 rings (SSSR count). The Morgan fingerprint density at radius 2 is 1.41 bits per heavy atom. The third kappa shape index (κ3) is 6.58. The van der Waals surface area contributed by atoms with E-state index in [0.717, 1.165) is 71.9 Å². The maximum Gasteiger partial charge on any atom is 0.224 e. The van der Waals surface area contributed by atoms with Gasteiger partial charge >= 0.3 is 0 Å². The first kappa shape index (κ1) is 38.6. The Bertz CT molecular complexity index is 3810. The van der Waals surface area contributed by atoms with Gasteiger partial charge in [-0.3, -0.25) is 29.9 Å². The van der Waals surface area contributed by atoms with Gasteiger partial charge in [0.05, 0.1) is 81.4 Å². The molecule has 0 fully saturated rings. The zero-order chi connectivity index (χ0) is 44.5. The number of carbonyl (C=O) groups excluding carboxylic acids is 1. The predicted molar refractivity (Wildman–Crippen MR) is 252 cm³/mol. The second kappa shape index (κ2) is 15.3. The normalized spacial score (nSPS) is 11.8. The van der Waals surface area contributed by atoms with Gasteiger partial charge in [-0.1, -0.05) is 38.1 Å². The Hall–Kier alpha value is -9.05. The molecule has 0 aliphatic carbocycles. The van der Waals surface area contributed by atoms with Crippen LogP contribution in [0.15, 0.2) is 132 Å². The summed E-state index contributed by atoms with van der Waals surface area (Å²) in [7, 11) is 0. The number of H-pyrrole nitrogens is 4. The van der Waals surface area contributed by atoms with Crippen LogP contribution in [-0.2, 0) is 4.79 Å². The number of hydrogen-bond donors (Lipinski definition) is 5. The highest BCUT2D eigenvalue weighted by molar-refractivity contribution is 6.06. The molecule has 10 aromatic heterocycles. The van der Waals surface area contributed by atoms with Gasteiger partial charge in [0.2, 0.25) is 5.91 Å². The van der Waals surface area contributed by atoms with Gasteiger partial charge in [0.15, 0.2) is 11.6 Å². The number of furan rings is 2. The summed E-state index contributed by atoms with van der Waals surface area (Å²) < 4.78 is 11.5. The number of rotatable bonds is 10. The highest BCUT2D eigenvalue weighted by Gasteiger charge is 2.25. The zero-order valence-corrected chi connectivity index (χ0v) is 35.6. The van der Waals surface area contributed by atoms with Crippen LogP contribution in [0.1, 0.15) is 25.8 Å². The Labute approximate surface area is 374 Å². The number of pyridine rings is 4. The monoisotopic (exact) mass is 867 g/mol. The molecule has 0 saturated carbocycles. The van der Waals surface area contributed by atoms with Crippen molar-refractivity contribution in [2.24, 2.45) is 5.92 Å². The Balaban J connectivity index is 1.00. The number of amides is 1. The van der Waals surface area contributed by atoms with Crippen molar-refractivity contribution in [2.75, 3.05) is 5.32 Å². The SMILES string of the molecule is Cc1ccncc1-c1cc2c(-c3nc4c(-c5cocc5-c5nc(-c6cncc(NC(=O)CC(C)C)c6)cc6c(-c7nc8c(-c9ccoc9)cccc8[nH]7)n[nH]c56)cccc4[nH]3)n[nH]c2cn1. The van der Waals surface area contributed by atoms with Crippen molar-refractivity contribution in [3.05, 3.63) is 128 Å². The lowest BCUT2D eigenvalue weighted by molar-refractivity contribution is -0.116. The zero-order valence-electron chi connectivity index (χ0n) is 35.6. The molecule has 0 bridgehead atoms. The van der Waals surface area contributed by atoms with Gasteiger partial charge in [-0.2, -0.15) is 10.2 Å². The van der Waals surface area contributed by atoms with Crippen LogP contribution in [0.3, 0.4) is 0 Å². The number of nitrogens with one attached hydrogen (secondary N) is 5. The number of benzene rings is 2. The van der Waals surface area contributed by atoms with E-state index in [1.54, 1.807) is 49.8 Å². The Morgan fingerprint density at radius 1 is 0.652 bits per heavy atom. The van der Waals surface area contributed by atoms with Crippen molar-refractivity contribution in [3.63, 3.8) is 0 Å². The molecule has 0 radical (unpaired) electrons. The van der Waals surface area contributed by atoms with Gasteiger partial charge in [0, 0.05) is 74.7 Å². The predicted octanol–water partition coefficient (Wildman–Crippen LogP) is 10.9. The van der Waals surface area contributed by atoms with Crippen molar-refractivity contribution in [1.29, 1.82) is 0 Å². The van der Waals surface area contributed by atoms with Gasteiger partial charge in [0.25, 0.3) is 0 Å². The van der Waals surface area contributed by atoms with Crippen LogP contribution in [0.25, 0.3) is 123 Å². The van der Waals surface area contributed by atoms with E-state index in [-0.39, 0.29) is 11.8 Å². The maximum absolute atomic E-state index is 12.9. The number of anilines is 1. The smallest absolute Gasteiger partial charge is 0.224 e. The number of aromatic nitrogens is 12. The molecule has 10 heterocycles. The second-order valence-corrected chi connectivity index (χ2v) is 16.6. The number of carbonyl (C=O) groups is 1. The molecule has 66 heavy (non-hydrogen) atoms. The van der Waals surface area contributed by atoms with Crippen LogP contribution in [0.4, 0.5) is 5.69 Å². The van der Waals surface area contributed by atoms with Crippen LogP contribution >= 0.6 is 0 Å². The molecule has 16 nitrogen and oxygen atoms in total. The van der Waals surface area contributed by atoms with Crippen molar-refractivity contribution >= 4 is 55.5 Å². The van der Waals surface area contributed by atoms with E-state index in [4.69, 9.17) is 33.9 Å². The molecule has 0 saturated heterocycles. The standard InChI is InChI=1S/C50H37N13O3/c1-25(2)14-42(64)54-29-15-28(18-52-19-29)39-17-33-46(61-63-48(33)50-56-37-8-4-6-30(43(37)58-50)27-11-13-65-22-27)45(55-39)36-24-66-23-35(36)31-7-5-9-38-44(31)59-49(57-38)47-32-16-40(53-21-41(32)60-62-47)34-20-51-12-10-26(34)3/h4-13,15-25H,14H2,1-3H3,(H,54,64)(H,56,58)(H,57,59)(H,60,62)(H,61,63). The maximum atomic E-state index is 12.9. The van der Waals surface area contributed by atoms with Crippen LogP contribution in [0.2, 0.25) is 0 Å². The average molecular weight is 868 g/mol. The van der Waals surface area contributed by atoms with E-state index >= 15 is 0 Å². The number of fused-ring (bicyclic) bond motifs is 4. The van der Waals surface area contributed by atoms with Crippen molar-refractivity contribution < 1.29 is 13.6 Å². The van der Waals surface area contributed by atoms with E-state index in [1.165, 1.54) is 0 Å². The molecular formula is C50H37N13O3. The molecule has 0 aliphatic heterocycles. The number of aromatic amines is 4. The molecule has 0 spiro atoms. The molecule has 16 heteroatoms. The van der Waals surface area contributed by atoms with E-state index < -0.39 is 0 Å². The molecule has 0 atom stereocenters. The summed E-state index contributed by atoms with van der Waals surface area (Å²) in [6.07, 6.45) is 15.9. The molecule has 1 amide bonds. The van der Waals surface area contributed by atoms with Gasteiger partial charge < -0.3 is 24.1 Å². The lowest BCUT2D eigenvalue weighted by Gasteiger charge is -2.10. The van der Waals surface area contributed by atoms with E-state index in [9.17, 15) is 4.79 Å². The minimum Gasteiger partial charge on any atom is -0.472 e. The van der Waals surface area contributed by atoms with Crippen molar-refractivity contribution in [2.45, 2.75) is 27.2 Å². The summed E-state index contributed by atoms with van der Waals surface area (Å²) in [4.78, 5) is 49.0. The first-order valence-electron chi connectivity index (χ1n) is 21.3. The molecule has 12 aromatic rings. The summed E-state index contributed by atoms with van der Waals surface area (Å²) in [5.41, 5.74) is 15.2. The highest BCUT2D eigenvalue weighted by atomic mass is 16.3. The second-order valence-electron chi connectivity index (χ2n) is 16.6. The van der Waals surface area contributed by atoms with Gasteiger partial charge in [-0.25, -0.2) is 15.0 Å². The minimum absolute atomic E-state index is 0.0920. The van der Waals surface area contributed by atoms with Gasteiger partial charge in [0.1, 0.15) is 23.3 Å². The Morgan fingerprint density at radius 3 is 2.20 bits per heavy atom. The van der Waals surface area contributed by atoms with Gasteiger partial charge in [-0.15, -0.1) is 0 Å². The minimum atomic E-state index is -0.0920. The highest BCUT2D eigenvalue weighted by Crippen LogP contribution is 2.42. The molecule has 5 N–H and O–H groups in total. The van der Waals surface area contributed by atoms with Crippen molar-refractivity contribution in [3.8, 4) is 79.1 Å². The molecular weight excluding hydrogens is 831 g/mol. The molecule has 0 aliphatic rings. The fraction of sp³-hybridized carbons (Fsp3) is 0.100. The van der Waals surface area contributed by atoms with E-state index in [2.05, 4.69) is 40.5 Å². The summed E-state index contributed by atoms with van der Waals surface area (Å²) in [6.45, 7) is 6.05. The lowest BCUT2D eigenvalue weighted by Crippen LogP contribution is -2.14. The third-order valence-electron chi connectivity index (χ3n) is 11.7. The summed E-state index contributed by atoms with van der Waals surface area (Å²) >= 11 is 0. The number of para-hydroxylation sites is 2. The van der Waals surface area contributed by atoms with E-state index in [1.807, 2.05) is 93.7 Å². The number of imidazole rings is 2. The Kier molecular flexibility index (Phi) is 8.97. The first-order valence-corrected chi connectivity index (χ1v) is 21.3. The number of aryl methyl sites for hydroxylation is 1. The summed E-state index contributed by atoms with van der Waals surface area (Å²) in [5.74, 6) is 1.26. The van der Waals surface area contributed by atoms with Crippen LogP contribution < -0.4 is 5.32 Å². The summed E-state index contributed by atoms with van der Waals surface area (Å²) in [5, 5.41) is 20.6. The van der Waals surface area contributed by atoms with Gasteiger partial charge in [-0.05, 0) is 60.9 Å². The average Bonchev–Trinajstić information content (AvgIpc) is 4.19. The molecule has 320 valence electrons. The van der Waals surface area contributed by atoms with Crippen LogP contribution in [0, 0.1) is 12.8 Å². The fourth-order valence-electron chi connectivity index (χ4n) is 8.59. The van der Waals surface area contributed by atoms with Crippen LogP contribution in [-0.4, -0.2) is 66.2 Å². The third-order valence-corrected chi connectivity index (χ3v) is 11.7. The fourth-order valence-corrected chi connectivity index (χ4v) is 8.59. The molecule has 0 unspecified atom stereocenters. The van der Waals surface area contributed by atoms with E-state index in [0.29, 0.717) is 68.7 Å². The molecule has 2 aromatic carbocycles. The van der Waals surface area contributed by atoms with Crippen LogP contribution in [0.5, 0.6) is 0 Å². The summed E-state index contributed by atoms with van der Waals surface area (Å²) in [6, 6.07) is 21.7. The number of nitrogens with zero attached hydrogens (tertiary/aromatic N) is 8.